The lowest BCUT2D eigenvalue weighted by Gasteiger charge is -2.28. The lowest BCUT2D eigenvalue weighted by Crippen LogP contribution is -2.52. The van der Waals surface area contributed by atoms with Crippen molar-refractivity contribution >= 4 is 5.97 Å². The summed E-state index contributed by atoms with van der Waals surface area (Å²) in [4.78, 5) is 11.3. The van der Waals surface area contributed by atoms with Crippen molar-refractivity contribution in [2.75, 3.05) is 26.4 Å². The Morgan fingerprint density at radius 1 is 1.15 bits per heavy atom. The SMILES string of the molecule is CC(C)COCCOCCCC(C)(NC(C)C)C(=O)O. The summed E-state index contributed by atoms with van der Waals surface area (Å²) in [6.07, 6.45) is 1.26. The third-order valence-electron chi connectivity index (χ3n) is 2.87. The Kier molecular flexibility index (Phi) is 9.80. The smallest absolute Gasteiger partial charge is 0.323 e. The Balaban J connectivity index is 3.72. The molecule has 0 saturated heterocycles. The molecule has 0 bridgehead atoms. The van der Waals surface area contributed by atoms with Crippen LogP contribution in [0.4, 0.5) is 0 Å². The van der Waals surface area contributed by atoms with Crippen LogP contribution in [0.5, 0.6) is 0 Å². The van der Waals surface area contributed by atoms with Gasteiger partial charge in [-0.2, -0.15) is 0 Å². The fourth-order valence-corrected chi connectivity index (χ4v) is 1.94. The van der Waals surface area contributed by atoms with E-state index in [2.05, 4.69) is 19.2 Å². The molecule has 0 fully saturated rings. The Morgan fingerprint density at radius 2 is 1.75 bits per heavy atom. The molecular weight excluding hydrogens is 258 g/mol. The van der Waals surface area contributed by atoms with Crippen LogP contribution in [0.25, 0.3) is 0 Å². The first-order valence-corrected chi connectivity index (χ1v) is 7.44. The minimum Gasteiger partial charge on any atom is -0.480 e. The third-order valence-corrected chi connectivity index (χ3v) is 2.87. The molecule has 5 heteroatoms. The van der Waals surface area contributed by atoms with Crippen molar-refractivity contribution in [2.24, 2.45) is 5.92 Å². The third kappa shape index (κ3) is 9.28. The largest absolute Gasteiger partial charge is 0.480 e. The highest BCUT2D eigenvalue weighted by molar-refractivity contribution is 5.78. The van der Waals surface area contributed by atoms with Crippen molar-refractivity contribution in [1.29, 1.82) is 0 Å². The molecule has 5 nitrogen and oxygen atoms in total. The first-order valence-electron chi connectivity index (χ1n) is 7.44. The Bertz CT molecular complexity index is 269. The van der Waals surface area contributed by atoms with Crippen molar-refractivity contribution < 1.29 is 19.4 Å². The fourth-order valence-electron chi connectivity index (χ4n) is 1.94. The second kappa shape index (κ2) is 10.1. The van der Waals surface area contributed by atoms with Gasteiger partial charge in [-0.1, -0.05) is 13.8 Å². The molecule has 0 rings (SSSR count). The average molecular weight is 289 g/mol. The Labute approximate surface area is 123 Å². The van der Waals surface area contributed by atoms with Crippen LogP contribution >= 0.6 is 0 Å². The average Bonchev–Trinajstić information content (AvgIpc) is 2.31. The highest BCUT2D eigenvalue weighted by Crippen LogP contribution is 2.14. The molecule has 0 aromatic rings. The van der Waals surface area contributed by atoms with E-state index in [1.165, 1.54) is 0 Å². The number of hydrogen-bond acceptors (Lipinski definition) is 4. The molecule has 0 saturated carbocycles. The second-order valence-corrected chi connectivity index (χ2v) is 6.12. The van der Waals surface area contributed by atoms with Crippen LogP contribution in [-0.4, -0.2) is 49.1 Å². The van der Waals surface area contributed by atoms with Crippen molar-refractivity contribution in [2.45, 2.75) is 59.0 Å². The van der Waals surface area contributed by atoms with Crippen molar-refractivity contribution in [3.05, 3.63) is 0 Å². The van der Waals surface area contributed by atoms with Crippen LogP contribution in [-0.2, 0) is 14.3 Å². The van der Waals surface area contributed by atoms with Gasteiger partial charge in [0, 0.05) is 19.3 Å². The molecule has 0 aromatic carbocycles. The van der Waals surface area contributed by atoms with Crippen molar-refractivity contribution in [1.82, 2.24) is 5.32 Å². The molecule has 0 aromatic heterocycles. The van der Waals surface area contributed by atoms with Crippen LogP contribution < -0.4 is 5.32 Å². The molecule has 0 spiro atoms. The molecule has 2 N–H and O–H groups in total. The maximum atomic E-state index is 11.3. The van der Waals surface area contributed by atoms with Gasteiger partial charge >= 0.3 is 5.97 Å². The zero-order chi connectivity index (χ0) is 15.6. The molecule has 120 valence electrons. The highest BCUT2D eigenvalue weighted by Gasteiger charge is 2.32. The molecular formula is C15H31NO4. The van der Waals surface area contributed by atoms with Gasteiger partial charge in [-0.15, -0.1) is 0 Å². The molecule has 0 aliphatic heterocycles. The van der Waals surface area contributed by atoms with Gasteiger partial charge in [0.1, 0.15) is 5.54 Å². The van der Waals surface area contributed by atoms with E-state index in [-0.39, 0.29) is 6.04 Å². The van der Waals surface area contributed by atoms with Gasteiger partial charge < -0.3 is 14.6 Å². The first kappa shape index (κ1) is 19.4. The summed E-state index contributed by atoms with van der Waals surface area (Å²) in [6.45, 7) is 12.3. The van der Waals surface area contributed by atoms with Gasteiger partial charge in [0.15, 0.2) is 0 Å². The van der Waals surface area contributed by atoms with E-state index < -0.39 is 11.5 Å². The topological polar surface area (TPSA) is 67.8 Å². The van der Waals surface area contributed by atoms with E-state index in [0.29, 0.717) is 38.6 Å². The number of carbonyl (C=O) groups is 1. The van der Waals surface area contributed by atoms with Gasteiger partial charge in [-0.25, -0.2) is 0 Å². The number of carboxylic acid groups (broad SMARTS) is 1. The number of aliphatic carboxylic acids is 1. The van der Waals surface area contributed by atoms with Gasteiger partial charge in [-0.3, -0.25) is 10.1 Å². The zero-order valence-electron chi connectivity index (χ0n) is 13.6. The number of carboxylic acids is 1. The Hall–Kier alpha value is -0.650. The summed E-state index contributed by atoms with van der Waals surface area (Å²) in [7, 11) is 0. The molecule has 1 atom stereocenters. The Morgan fingerprint density at radius 3 is 2.25 bits per heavy atom. The maximum Gasteiger partial charge on any atom is 0.323 e. The molecule has 1 unspecified atom stereocenters. The van der Waals surface area contributed by atoms with E-state index in [0.717, 1.165) is 6.61 Å². The number of rotatable bonds is 12. The lowest BCUT2D eigenvalue weighted by molar-refractivity contribution is -0.145. The molecule has 0 amide bonds. The normalized spacial score (nSPS) is 14.8. The van der Waals surface area contributed by atoms with Gasteiger partial charge in [0.05, 0.1) is 13.2 Å². The highest BCUT2D eigenvalue weighted by atomic mass is 16.5. The van der Waals surface area contributed by atoms with E-state index in [9.17, 15) is 9.90 Å². The van der Waals surface area contributed by atoms with E-state index in [1.807, 2.05) is 13.8 Å². The summed E-state index contributed by atoms with van der Waals surface area (Å²) >= 11 is 0. The van der Waals surface area contributed by atoms with Crippen LogP contribution in [0.2, 0.25) is 0 Å². The van der Waals surface area contributed by atoms with Crippen molar-refractivity contribution in [3.8, 4) is 0 Å². The molecule has 0 radical (unpaired) electrons. The molecule has 20 heavy (non-hydrogen) atoms. The predicted molar refractivity (Wildman–Crippen MR) is 80.0 cm³/mol. The van der Waals surface area contributed by atoms with Gasteiger partial charge in [0.25, 0.3) is 0 Å². The quantitative estimate of drug-likeness (QED) is 0.540. The zero-order valence-corrected chi connectivity index (χ0v) is 13.6. The monoisotopic (exact) mass is 289 g/mol. The molecule has 0 heterocycles. The molecule has 0 aliphatic rings. The van der Waals surface area contributed by atoms with Crippen LogP contribution in [0.15, 0.2) is 0 Å². The van der Waals surface area contributed by atoms with Gasteiger partial charge in [0.2, 0.25) is 0 Å². The second-order valence-electron chi connectivity index (χ2n) is 6.12. The predicted octanol–water partition coefficient (Wildman–Crippen LogP) is 2.30. The van der Waals surface area contributed by atoms with Crippen LogP contribution in [0.3, 0.4) is 0 Å². The standard InChI is InChI=1S/C15H31NO4/c1-12(2)11-20-10-9-19-8-6-7-15(5,14(17)18)16-13(3)4/h12-13,16H,6-11H2,1-5H3,(H,17,18). The van der Waals surface area contributed by atoms with Crippen LogP contribution in [0.1, 0.15) is 47.5 Å². The van der Waals surface area contributed by atoms with Gasteiger partial charge in [-0.05, 0) is 39.5 Å². The van der Waals surface area contributed by atoms with E-state index in [4.69, 9.17) is 9.47 Å². The minimum atomic E-state index is -0.883. The number of nitrogens with one attached hydrogen (secondary N) is 1. The summed E-state index contributed by atoms with van der Waals surface area (Å²) in [5.41, 5.74) is -0.883. The summed E-state index contributed by atoms with van der Waals surface area (Å²) in [5.74, 6) is -0.278. The number of hydrogen-bond donors (Lipinski definition) is 2. The minimum absolute atomic E-state index is 0.140. The summed E-state index contributed by atoms with van der Waals surface area (Å²) < 4.78 is 10.9. The number of ether oxygens (including phenoxy) is 2. The first-order chi connectivity index (χ1) is 9.28. The van der Waals surface area contributed by atoms with Crippen molar-refractivity contribution in [3.63, 3.8) is 0 Å². The maximum absolute atomic E-state index is 11.3. The van der Waals surface area contributed by atoms with E-state index in [1.54, 1.807) is 6.92 Å². The van der Waals surface area contributed by atoms with Crippen LogP contribution in [0, 0.1) is 5.92 Å². The summed E-state index contributed by atoms with van der Waals surface area (Å²) in [6, 6.07) is 0.140. The molecule has 0 aliphatic carbocycles. The summed E-state index contributed by atoms with van der Waals surface area (Å²) in [5, 5.41) is 12.4. The van der Waals surface area contributed by atoms with E-state index >= 15 is 0 Å². The fraction of sp³-hybridized carbons (Fsp3) is 0.933. The lowest BCUT2D eigenvalue weighted by atomic mass is 9.95.